The van der Waals surface area contributed by atoms with Crippen LogP contribution in [0.5, 0.6) is 5.75 Å². The van der Waals surface area contributed by atoms with Gasteiger partial charge in [0.05, 0.1) is 24.8 Å². The van der Waals surface area contributed by atoms with Crippen molar-refractivity contribution in [3.63, 3.8) is 0 Å². The number of hydrogen-bond acceptors (Lipinski definition) is 5. The van der Waals surface area contributed by atoms with Crippen molar-refractivity contribution < 1.29 is 14.3 Å². The average Bonchev–Trinajstić information content (AvgIpc) is 3.35. The number of ether oxygens (including phenoxy) is 1. The first-order valence-corrected chi connectivity index (χ1v) is 10.2. The van der Waals surface area contributed by atoms with Gasteiger partial charge in [-0.25, -0.2) is 14.9 Å². The molecule has 2 amide bonds. The third kappa shape index (κ3) is 2.53. The third-order valence-corrected chi connectivity index (χ3v) is 6.48. The minimum Gasteiger partial charge on any atom is -0.497 e. The van der Waals surface area contributed by atoms with Crippen LogP contribution in [0.25, 0.3) is 0 Å². The van der Waals surface area contributed by atoms with Gasteiger partial charge in [0.15, 0.2) is 0 Å². The number of hydrazine groups is 1. The van der Waals surface area contributed by atoms with Gasteiger partial charge in [-0.2, -0.15) is 0 Å². The first kappa shape index (κ1) is 17.8. The normalized spacial score (nSPS) is 27.4. The molecule has 7 heteroatoms. The molecule has 0 saturated carbocycles. The van der Waals surface area contributed by atoms with Gasteiger partial charge in [-0.15, -0.1) is 0 Å². The molecule has 3 heterocycles. The minimum atomic E-state index is -0.425. The van der Waals surface area contributed by atoms with E-state index in [0.717, 1.165) is 35.3 Å². The lowest BCUT2D eigenvalue weighted by Crippen LogP contribution is -2.44. The third-order valence-electron chi connectivity index (χ3n) is 5.95. The Kier molecular flexibility index (Phi) is 4.26. The van der Waals surface area contributed by atoms with Crippen molar-refractivity contribution in [2.45, 2.75) is 18.5 Å². The monoisotopic (exact) mass is 441 g/mol. The highest BCUT2D eigenvalue weighted by Gasteiger charge is 2.62. The van der Waals surface area contributed by atoms with E-state index in [-0.39, 0.29) is 17.9 Å². The Morgan fingerprint density at radius 1 is 0.893 bits per heavy atom. The van der Waals surface area contributed by atoms with Gasteiger partial charge in [-0.05, 0) is 48.4 Å². The fourth-order valence-electron chi connectivity index (χ4n) is 4.76. The van der Waals surface area contributed by atoms with Crippen molar-refractivity contribution >= 4 is 33.4 Å². The summed E-state index contributed by atoms with van der Waals surface area (Å²) in [5.74, 6) is 0.138. The fourth-order valence-corrected chi connectivity index (χ4v) is 5.02. The average molecular weight is 442 g/mol. The van der Waals surface area contributed by atoms with Crippen LogP contribution in [0.15, 0.2) is 53.0 Å². The molecule has 3 aliphatic heterocycles. The molecular weight excluding hydrogens is 422 g/mol. The molecular formula is C21H20BrN3O3. The molecule has 0 unspecified atom stereocenters. The summed E-state index contributed by atoms with van der Waals surface area (Å²) in [5.41, 5.74) is 1.67. The molecule has 0 aliphatic carbocycles. The molecule has 28 heavy (non-hydrogen) atoms. The van der Waals surface area contributed by atoms with Crippen LogP contribution in [-0.2, 0) is 9.59 Å². The molecule has 3 saturated heterocycles. The Bertz CT molecular complexity index is 931. The van der Waals surface area contributed by atoms with Crippen LogP contribution in [0.2, 0.25) is 0 Å². The maximum absolute atomic E-state index is 13.4. The van der Waals surface area contributed by atoms with Crippen LogP contribution in [0, 0.1) is 5.92 Å². The summed E-state index contributed by atoms with van der Waals surface area (Å²) in [7, 11) is 1.64. The lowest BCUT2D eigenvalue weighted by molar-refractivity contribution is -0.126. The van der Waals surface area contributed by atoms with Crippen molar-refractivity contribution in [1.29, 1.82) is 0 Å². The second-order valence-electron chi connectivity index (χ2n) is 7.36. The lowest BCUT2D eigenvalue weighted by Gasteiger charge is -2.29. The van der Waals surface area contributed by atoms with Crippen LogP contribution in [0.1, 0.15) is 18.0 Å². The van der Waals surface area contributed by atoms with Crippen LogP contribution in [0.3, 0.4) is 0 Å². The topological polar surface area (TPSA) is 53.1 Å². The molecule has 3 aliphatic rings. The number of carbonyl (C=O) groups excluding carboxylic acids is 2. The molecule has 0 aromatic heterocycles. The Morgan fingerprint density at radius 3 is 2.18 bits per heavy atom. The number of nitrogens with zero attached hydrogens (tertiary/aromatic N) is 3. The van der Waals surface area contributed by atoms with Crippen LogP contribution in [-0.4, -0.2) is 48.1 Å². The number of carbonyl (C=O) groups is 2. The summed E-state index contributed by atoms with van der Waals surface area (Å²) in [5, 5.41) is 4.32. The molecule has 2 aromatic rings. The van der Waals surface area contributed by atoms with Gasteiger partial charge in [0.1, 0.15) is 11.8 Å². The van der Waals surface area contributed by atoms with E-state index in [0.29, 0.717) is 5.69 Å². The summed E-state index contributed by atoms with van der Waals surface area (Å²) >= 11 is 3.41. The number of halogens is 1. The second kappa shape index (κ2) is 6.69. The highest BCUT2D eigenvalue weighted by Crippen LogP contribution is 2.49. The van der Waals surface area contributed by atoms with Crippen LogP contribution >= 0.6 is 15.9 Å². The van der Waals surface area contributed by atoms with Gasteiger partial charge in [0.2, 0.25) is 5.91 Å². The summed E-state index contributed by atoms with van der Waals surface area (Å²) in [4.78, 5) is 28.1. The summed E-state index contributed by atoms with van der Waals surface area (Å²) in [6, 6.07) is 14.6. The molecule has 0 bridgehead atoms. The number of amides is 2. The number of methoxy groups -OCH3 is 1. The molecule has 3 atom stereocenters. The number of hydrogen-bond donors (Lipinski definition) is 0. The van der Waals surface area contributed by atoms with Gasteiger partial charge < -0.3 is 4.74 Å². The fraction of sp³-hybridized carbons (Fsp3) is 0.333. The maximum Gasteiger partial charge on any atom is 0.253 e. The predicted molar refractivity (Wildman–Crippen MR) is 108 cm³/mol. The summed E-state index contributed by atoms with van der Waals surface area (Å²) in [6.07, 6.45) is 0.996. The van der Waals surface area contributed by atoms with Crippen molar-refractivity contribution in [3.8, 4) is 5.75 Å². The zero-order chi connectivity index (χ0) is 19.4. The molecule has 0 N–H and O–H groups in total. The number of anilines is 1. The molecule has 0 radical (unpaired) electrons. The van der Waals surface area contributed by atoms with Crippen LogP contribution < -0.4 is 9.64 Å². The number of imide groups is 1. The zero-order valence-corrected chi connectivity index (χ0v) is 17.0. The standard InChI is InChI=1S/C21H20BrN3O3/c1-28-16-9-3-13(4-10-16)18-17-19(24-12-2-11-23(18)24)21(27)25(20(17)26)15-7-5-14(22)6-8-15/h3-10,17-19H,2,11-12H2,1H3/t17-,18+,19+/m0/s1. The number of rotatable bonds is 3. The Morgan fingerprint density at radius 2 is 1.54 bits per heavy atom. The van der Waals surface area contributed by atoms with E-state index in [4.69, 9.17) is 4.74 Å². The largest absolute Gasteiger partial charge is 0.497 e. The first-order valence-electron chi connectivity index (χ1n) is 9.40. The van der Waals surface area contributed by atoms with E-state index in [1.807, 2.05) is 48.5 Å². The Balaban J connectivity index is 1.55. The minimum absolute atomic E-state index is 0.118. The maximum atomic E-state index is 13.4. The SMILES string of the molecule is COc1ccc([C@@H]2[C@@H]3C(=O)N(c4ccc(Br)cc4)C(=O)[C@@H]3N3CCCN23)cc1. The second-order valence-corrected chi connectivity index (χ2v) is 8.27. The van der Waals surface area contributed by atoms with E-state index in [1.165, 1.54) is 4.90 Å². The van der Waals surface area contributed by atoms with E-state index in [9.17, 15) is 9.59 Å². The van der Waals surface area contributed by atoms with Gasteiger partial charge >= 0.3 is 0 Å². The predicted octanol–water partition coefficient (Wildman–Crippen LogP) is 2.99. The van der Waals surface area contributed by atoms with E-state index < -0.39 is 12.0 Å². The first-order chi connectivity index (χ1) is 13.6. The van der Waals surface area contributed by atoms with Gasteiger partial charge in [-0.3, -0.25) is 9.59 Å². The molecule has 144 valence electrons. The quantitative estimate of drug-likeness (QED) is 0.685. The highest BCUT2D eigenvalue weighted by molar-refractivity contribution is 9.10. The summed E-state index contributed by atoms with van der Waals surface area (Å²) in [6.45, 7) is 1.67. The van der Waals surface area contributed by atoms with E-state index in [2.05, 4.69) is 25.9 Å². The van der Waals surface area contributed by atoms with Gasteiger partial charge in [0.25, 0.3) is 5.91 Å². The molecule has 2 aromatic carbocycles. The lowest BCUT2D eigenvalue weighted by atomic mass is 9.90. The van der Waals surface area contributed by atoms with Gasteiger partial charge in [-0.1, -0.05) is 28.1 Å². The molecule has 0 spiro atoms. The summed E-state index contributed by atoms with van der Waals surface area (Å²) < 4.78 is 6.18. The number of fused-ring (bicyclic) bond motifs is 3. The van der Waals surface area contributed by atoms with E-state index >= 15 is 0 Å². The van der Waals surface area contributed by atoms with Crippen LogP contribution in [0.4, 0.5) is 5.69 Å². The zero-order valence-electron chi connectivity index (χ0n) is 15.4. The molecule has 6 nitrogen and oxygen atoms in total. The van der Waals surface area contributed by atoms with Crippen molar-refractivity contribution in [2.75, 3.05) is 25.1 Å². The molecule has 3 fully saturated rings. The Labute approximate surface area is 171 Å². The van der Waals surface area contributed by atoms with Crippen molar-refractivity contribution in [2.24, 2.45) is 5.92 Å². The highest BCUT2D eigenvalue weighted by atomic mass is 79.9. The smallest absolute Gasteiger partial charge is 0.253 e. The van der Waals surface area contributed by atoms with E-state index in [1.54, 1.807) is 7.11 Å². The molecule has 5 rings (SSSR count). The van der Waals surface area contributed by atoms with Crippen molar-refractivity contribution in [1.82, 2.24) is 10.0 Å². The Hall–Kier alpha value is -2.22. The van der Waals surface area contributed by atoms with Gasteiger partial charge in [0, 0.05) is 17.6 Å². The van der Waals surface area contributed by atoms with Crippen molar-refractivity contribution in [3.05, 3.63) is 58.6 Å². The number of benzene rings is 2.